The van der Waals surface area contributed by atoms with E-state index < -0.39 is 0 Å². The molecule has 23 heavy (non-hydrogen) atoms. The Labute approximate surface area is 142 Å². The van der Waals surface area contributed by atoms with E-state index in [1.165, 1.54) is 38.5 Å². The third-order valence-electron chi connectivity index (χ3n) is 3.64. The van der Waals surface area contributed by atoms with Crippen molar-refractivity contribution in [2.24, 2.45) is 0 Å². The Morgan fingerprint density at radius 3 is 1.83 bits per heavy atom. The summed E-state index contributed by atoms with van der Waals surface area (Å²) in [6.45, 7) is 6.43. The SMILES string of the molecule is CCCCCCCCCCOC(=O)CCCCC(=O)OC(C)C. The normalized spacial score (nSPS) is 10.8. The highest BCUT2D eigenvalue weighted by atomic mass is 16.5. The fourth-order valence-corrected chi connectivity index (χ4v) is 2.35. The molecule has 0 aliphatic carbocycles. The van der Waals surface area contributed by atoms with Gasteiger partial charge in [-0.05, 0) is 33.1 Å². The van der Waals surface area contributed by atoms with Gasteiger partial charge in [-0.1, -0.05) is 51.9 Å². The Morgan fingerprint density at radius 2 is 1.26 bits per heavy atom. The maximum absolute atomic E-state index is 11.5. The topological polar surface area (TPSA) is 52.6 Å². The van der Waals surface area contributed by atoms with Gasteiger partial charge in [0, 0.05) is 12.8 Å². The summed E-state index contributed by atoms with van der Waals surface area (Å²) in [5.41, 5.74) is 0. The van der Waals surface area contributed by atoms with E-state index in [0.29, 0.717) is 32.3 Å². The molecule has 136 valence electrons. The Bertz CT molecular complexity index is 300. The molecule has 0 N–H and O–H groups in total. The smallest absolute Gasteiger partial charge is 0.306 e. The molecule has 4 nitrogen and oxygen atoms in total. The molecule has 4 heteroatoms. The Balaban J connectivity index is 3.29. The van der Waals surface area contributed by atoms with Crippen molar-refractivity contribution < 1.29 is 19.1 Å². The van der Waals surface area contributed by atoms with Crippen molar-refractivity contribution in [1.82, 2.24) is 0 Å². The largest absolute Gasteiger partial charge is 0.466 e. The predicted octanol–water partition coefficient (Wildman–Crippen LogP) is 5.18. The Morgan fingerprint density at radius 1 is 0.739 bits per heavy atom. The van der Waals surface area contributed by atoms with Crippen LogP contribution in [0.2, 0.25) is 0 Å². The van der Waals surface area contributed by atoms with E-state index >= 15 is 0 Å². The van der Waals surface area contributed by atoms with E-state index in [9.17, 15) is 9.59 Å². The van der Waals surface area contributed by atoms with Gasteiger partial charge in [0.2, 0.25) is 0 Å². The molecule has 0 aliphatic rings. The van der Waals surface area contributed by atoms with Crippen LogP contribution in [0.3, 0.4) is 0 Å². The summed E-state index contributed by atoms with van der Waals surface area (Å²) in [6, 6.07) is 0. The third-order valence-corrected chi connectivity index (χ3v) is 3.64. The maximum atomic E-state index is 11.5. The maximum Gasteiger partial charge on any atom is 0.306 e. The van der Waals surface area contributed by atoms with Gasteiger partial charge < -0.3 is 9.47 Å². The first-order valence-corrected chi connectivity index (χ1v) is 9.41. The summed E-state index contributed by atoms with van der Waals surface area (Å²) < 4.78 is 10.2. The summed E-state index contributed by atoms with van der Waals surface area (Å²) in [5, 5.41) is 0. The van der Waals surface area contributed by atoms with Crippen molar-refractivity contribution >= 4 is 11.9 Å². The standard InChI is InChI=1S/C19H36O4/c1-4-5-6-7-8-9-10-13-16-22-18(20)14-11-12-15-19(21)23-17(2)3/h17H,4-16H2,1-3H3. The Kier molecular flexibility index (Phi) is 15.1. The lowest BCUT2D eigenvalue weighted by Crippen LogP contribution is -2.11. The molecule has 0 fully saturated rings. The van der Waals surface area contributed by atoms with Gasteiger partial charge in [0.25, 0.3) is 0 Å². The molecule has 0 unspecified atom stereocenters. The number of ether oxygens (including phenoxy) is 2. The monoisotopic (exact) mass is 328 g/mol. The van der Waals surface area contributed by atoms with E-state index in [1.54, 1.807) is 0 Å². The predicted molar refractivity (Wildman–Crippen MR) is 93.3 cm³/mol. The van der Waals surface area contributed by atoms with Crippen LogP contribution in [-0.4, -0.2) is 24.6 Å². The highest BCUT2D eigenvalue weighted by molar-refractivity contribution is 5.70. The van der Waals surface area contributed by atoms with Gasteiger partial charge in [-0.25, -0.2) is 0 Å². The zero-order valence-corrected chi connectivity index (χ0v) is 15.4. The molecular formula is C19H36O4. The zero-order chi connectivity index (χ0) is 17.3. The number of rotatable bonds is 15. The summed E-state index contributed by atoms with van der Waals surface area (Å²) in [7, 11) is 0. The highest BCUT2D eigenvalue weighted by Gasteiger charge is 2.07. The zero-order valence-electron chi connectivity index (χ0n) is 15.4. The molecule has 0 aromatic heterocycles. The Hall–Kier alpha value is -1.06. The van der Waals surface area contributed by atoms with Crippen LogP contribution in [-0.2, 0) is 19.1 Å². The molecule has 0 aliphatic heterocycles. The molecule has 0 bridgehead atoms. The summed E-state index contributed by atoms with van der Waals surface area (Å²) in [6.07, 6.45) is 12.0. The first-order chi connectivity index (χ1) is 11.1. The van der Waals surface area contributed by atoms with Gasteiger partial charge in [-0.3, -0.25) is 9.59 Å². The fourth-order valence-electron chi connectivity index (χ4n) is 2.35. The molecule has 0 saturated heterocycles. The van der Waals surface area contributed by atoms with Crippen molar-refractivity contribution in [3.63, 3.8) is 0 Å². The van der Waals surface area contributed by atoms with Gasteiger partial charge in [0.15, 0.2) is 0 Å². The lowest BCUT2D eigenvalue weighted by atomic mass is 10.1. The number of hydrogen-bond acceptors (Lipinski definition) is 4. The third kappa shape index (κ3) is 17.1. The van der Waals surface area contributed by atoms with Crippen LogP contribution >= 0.6 is 0 Å². The summed E-state index contributed by atoms with van der Waals surface area (Å²) in [5.74, 6) is -0.336. The van der Waals surface area contributed by atoms with Crippen LogP contribution in [0, 0.1) is 0 Å². The molecule has 0 rings (SSSR count). The van der Waals surface area contributed by atoms with Gasteiger partial charge in [0.05, 0.1) is 12.7 Å². The first-order valence-electron chi connectivity index (χ1n) is 9.41. The molecule has 0 aromatic carbocycles. The molecule has 0 saturated carbocycles. The van der Waals surface area contributed by atoms with Crippen molar-refractivity contribution in [2.75, 3.05) is 6.61 Å². The number of unbranched alkanes of at least 4 members (excludes halogenated alkanes) is 8. The molecule has 0 atom stereocenters. The van der Waals surface area contributed by atoms with Crippen LogP contribution in [0.5, 0.6) is 0 Å². The first kappa shape index (κ1) is 21.9. The van der Waals surface area contributed by atoms with E-state index in [0.717, 1.165) is 12.8 Å². The van der Waals surface area contributed by atoms with Crippen LogP contribution in [0.15, 0.2) is 0 Å². The molecule has 0 aromatic rings. The molecule has 0 spiro atoms. The average Bonchev–Trinajstić information content (AvgIpc) is 2.49. The van der Waals surface area contributed by atoms with Gasteiger partial charge in [-0.2, -0.15) is 0 Å². The van der Waals surface area contributed by atoms with Gasteiger partial charge in [-0.15, -0.1) is 0 Å². The van der Waals surface area contributed by atoms with Crippen LogP contribution in [0.4, 0.5) is 0 Å². The minimum atomic E-state index is -0.188. The quantitative estimate of drug-likeness (QED) is 0.307. The number of carbonyl (C=O) groups excluding carboxylic acids is 2. The molecule has 0 radical (unpaired) electrons. The second kappa shape index (κ2) is 15.8. The van der Waals surface area contributed by atoms with Crippen molar-refractivity contribution in [2.45, 2.75) is 104 Å². The van der Waals surface area contributed by atoms with E-state index in [1.807, 2.05) is 13.8 Å². The van der Waals surface area contributed by atoms with Crippen molar-refractivity contribution in [3.8, 4) is 0 Å². The second-order valence-electron chi connectivity index (χ2n) is 6.44. The van der Waals surface area contributed by atoms with Gasteiger partial charge >= 0.3 is 11.9 Å². The number of esters is 2. The number of hydrogen-bond donors (Lipinski definition) is 0. The minimum Gasteiger partial charge on any atom is -0.466 e. The summed E-state index contributed by atoms with van der Waals surface area (Å²) >= 11 is 0. The number of carbonyl (C=O) groups is 2. The lowest BCUT2D eigenvalue weighted by molar-refractivity contribution is -0.148. The lowest BCUT2D eigenvalue weighted by Gasteiger charge is -2.07. The van der Waals surface area contributed by atoms with E-state index in [-0.39, 0.29) is 18.0 Å². The molecular weight excluding hydrogens is 292 g/mol. The van der Waals surface area contributed by atoms with Crippen molar-refractivity contribution in [1.29, 1.82) is 0 Å². The van der Waals surface area contributed by atoms with Crippen molar-refractivity contribution in [3.05, 3.63) is 0 Å². The van der Waals surface area contributed by atoms with Crippen LogP contribution < -0.4 is 0 Å². The van der Waals surface area contributed by atoms with E-state index in [2.05, 4.69) is 6.92 Å². The second-order valence-corrected chi connectivity index (χ2v) is 6.44. The molecule has 0 amide bonds. The fraction of sp³-hybridized carbons (Fsp3) is 0.895. The average molecular weight is 328 g/mol. The van der Waals surface area contributed by atoms with E-state index in [4.69, 9.17) is 9.47 Å². The van der Waals surface area contributed by atoms with Crippen LogP contribution in [0.1, 0.15) is 97.8 Å². The van der Waals surface area contributed by atoms with Crippen LogP contribution in [0.25, 0.3) is 0 Å². The summed E-state index contributed by atoms with van der Waals surface area (Å²) in [4.78, 5) is 22.8. The highest BCUT2D eigenvalue weighted by Crippen LogP contribution is 2.09. The van der Waals surface area contributed by atoms with Gasteiger partial charge in [0.1, 0.15) is 0 Å². The molecule has 0 heterocycles. The minimum absolute atomic E-state index is 0.0703.